The molecule has 0 radical (unpaired) electrons. The Morgan fingerprint density at radius 3 is 2.64 bits per heavy atom. The Hall–Kier alpha value is -0.940. The standard InChI is InChI=1S/C18H28N2O2/c1-16(20-8-10-21-11-9-20)13-18-15-19(7-12-22-18)14-17-5-3-2-4-6-17/h2-6,16,18H,7-15H2,1H3. The van der Waals surface area contributed by atoms with Gasteiger partial charge in [0.1, 0.15) is 0 Å². The van der Waals surface area contributed by atoms with Gasteiger partial charge in [0, 0.05) is 38.8 Å². The number of rotatable bonds is 5. The fourth-order valence-corrected chi connectivity index (χ4v) is 3.46. The molecule has 3 rings (SSSR count). The second-order valence-corrected chi connectivity index (χ2v) is 6.45. The predicted octanol–water partition coefficient (Wildman–Crippen LogP) is 2.00. The van der Waals surface area contributed by atoms with Gasteiger partial charge in [0.05, 0.1) is 25.9 Å². The Kier molecular flexibility index (Phi) is 5.84. The molecule has 4 heteroatoms. The molecule has 0 aromatic heterocycles. The van der Waals surface area contributed by atoms with Crippen molar-refractivity contribution >= 4 is 0 Å². The molecule has 2 atom stereocenters. The average molecular weight is 304 g/mol. The molecule has 4 nitrogen and oxygen atoms in total. The van der Waals surface area contributed by atoms with Crippen LogP contribution in [-0.2, 0) is 16.0 Å². The molecule has 0 N–H and O–H groups in total. The summed E-state index contributed by atoms with van der Waals surface area (Å²) in [6.07, 6.45) is 1.47. The lowest BCUT2D eigenvalue weighted by molar-refractivity contribution is -0.0531. The van der Waals surface area contributed by atoms with Crippen molar-refractivity contribution in [2.75, 3.05) is 46.0 Å². The summed E-state index contributed by atoms with van der Waals surface area (Å²) < 4.78 is 11.4. The van der Waals surface area contributed by atoms with Crippen molar-refractivity contribution in [2.24, 2.45) is 0 Å². The summed E-state index contributed by atoms with van der Waals surface area (Å²) in [4.78, 5) is 5.05. The molecule has 2 aliphatic heterocycles. The van der Waals surface area contributed by atoms with E-state index in [1.165, 1.54) is 5.56 Å². The Balaban J connectivity index is 1.47. The van der Waals surface area contributed by atoms with Gasteiger partial charge in [-0.25, -0.2) is 0 Å². The third kappa shape index (κ3) is 4.53. The largest absolute Gasteiger partial charge is 0.379 e. The van der Waals surface area contributed by atoms with Crippen molar-refractivity contribution < 1.29 is 9.47 Å². The van der Waals surface area contributed by atoms with E-state index in [1.807, 2.05) is 0 Å². The molecule has 22 heavy (non-hydrogen) atoms. The maximum absolute atomic E-state index is 6.01. The van der Waals surface area contributed by atoms with Crippen LogP contribution in [0.15, 0.2) is 30.3 Å². The first-order valence-corrected chi connectivity index (χ1v) is 8.51. The van der Waals surface area contributed by atoms with Crippen LogP contribution >= 0.6 is 0 Å². The van der Waals surface area contributed by atoms with Gasteiger partial charge in [-0.15, -0.1) is 0 Å². The molecule has 0 bridgehead atoms. The van der Waals surface area contributed by atoms with Gasteiger partial charge in [0.2, 0.25) is 0 Å². The Bertz CT molecular complexity index is 434. The Morgan fingerprint density at radius 1 is 1.09 bits per heavy atom. The molecule has 2 unspecified atom stereocenters. The highest BCUT2D eigenvalue weighted by atomic mass is 16.5. The lowest BCUT2D eigenvalue weighted by atomic mass is 10.1. The van der Waals surface area contributed by atoms with Gasteiger partial charge >= 0.3 is 0 Å². The second kappa shape index (κ2) is 8.06. The molecule has 2 heterocycles. The maximum Gasteiger partial charge on any atom is 0.0717 e. The minimum absolute atomic E-state index is 0.357. The summed E-state index contributed by atoms with van der Waals surface area (Å²) in [6.45, 7) is 10.2. The smallest absolute Gasteiger partial charge is 0.0717 e. The van der Waals surface area contributed by atoms with Crippen LogP contribution in [0.5, 0.6) is 0 Å². The number of benzene rings is 1. The SMILES string of the molecule is CC(CC1CN(Cc2ccccc2)CCO1)N1CCOCC1. The van der Waals surface area contributed by atoms with Crippen LogP contribution in [-0.4, -0.2) is 67.9 Å². The molecule has 2 saturated heterocycles. The highest BCUT2D eigenvalue weighted by molar-refractivity contribution is 5.14. The van der Waals surface area contributed by atoms with E-state index in [4.69, 9.17) is 9.47 Å². The van der Waals surface area contributed by atoms with Gasteiger partial charge < -0.3 is 9.47 Å². The van der Waals surface area contributed by atoms with Crippen LogP contribution in [0.25, 0.3) is 0 Å². The fourth-order valence-electron chi connectivity index (χ4n) is 3.46. The normalized spacial score (nSPS) is 26.0. The number of hydrogen-bond donors (Lipinski definition) is 0. The highest BCUT2D eigenvalue weighted by Crippen LogP contribution is 2.17. The van der Waals surface area contributed by atoms with E-state index in [1.54, 1.807) is 0 Å². The van der Waals surface area contributed by atoms with Crippen molar-refractivity contribution in [3.8, 4) is 0 Å². The summed E-state index contributed by atoms with van der Waals surface area (Å²) in [5, 5.41) is 0. The first kappa shape index (κ1) is 15.9. The molecule has 1 aromatic carbocycles. The van der Waals surface area contributed by atoms with Crippen molar-refractivity contribution in [2.45, 2.75) is 32.0 Å². The summed E-state index contributed by atoms with van der Waals surface area (Å²) in [5.74, 6) is 0. The minimum atomic E-state index is 0.357. The molecular formula is C18H28N2O2. The van der Waals surface area contributed by atoms with Gasteiger partial charge in [0.25, 0.3) is 0 Å². The average Bonchev–Trinajstić information content (AvgIpc) is 2.57. The van der Waals surface area contributed by atoms with Gasteiger partial charge in [-0.2, -0.15) is 0 Å². The van der Waals surface area contributed by atoms with E-state index in [0.29, 0.717) is 12.1 Å². The van der Waals surface area contributed by atoms with E-state index < -0.39 is 0 Å². The third-order valence-corrected chi connectivity index (χ3v) is 4.74. The predicted molar refractivity (Wildman–Crippen MR) is 87.9 cm³/mol. The molecule has 0 amide bonds. The van der Waals surface area contributed by atoms with Crippen LogP contribution in [0.3, 0.4) is 0 Å². The monoisotopic (exact) mass is 304 g/mol. The zero-order chi connectivity index (χ0) is 15.2. The molecule has 1 aromatic rings. The number of ether oxygens (including phenoxy) is 2. The first-order valence-electron chi connectivity index (χ1n) is 8.51. The minimum Gasteiger partial charge on any atom is -0.379 e. The molecule has 2 aliphatic rings. The molecule has 0 aliphatic carbocycles. The van der Waals surface area contributed by atoms with Crippen molar-refractivity contribution in [1.29, 1.82) is 0 Å². The van der Waals surface area contributed by atoms with Gasteiger partial charge in [-0.3, -0.25) is 9.80 Å². The quantitative estimate of drug-likeness (QED) is 0.831. The summed E-state index contributed by atoms with van der Waals surface area (Å²) >= 11 is 0. The summed E-state index contributed by atoms with van der Waals surface area (Å²) in [6, 6.07) is 11.3. The summed E-state index contributed by atoms with van der Waals surface area (Å²) in [7, 11) is 0. The topological polar surface area (TPSA) is 24.9 Å². The van der Waals surface area contributed by atoms with Crippen molar-refractivity contribution in [1.82, 2.24) is 9.80 Å². The lowest BCUT2D eigenvalue weighted by Crippen LogP contribution is -2.47. The molecule has 122 valence electrons. The Morgan fingerprint density at radius 2 is 1.86 bits per heavy atom. The molecule has 0 saturated carbocycles. The number of nitrogens with zero attached hydrogens (tertiary/aromatic N) is 2. The fraction of sp³-hybridized carbons (Fsp3) is 0.667. The Labute approximate surface area is 134 Å². The number of hydrogen-bond acceptors (Lipinski definition) is 4. The van der Waals surface area contributed by atoms with E-state index in [0.717, 1.165) is 59.0 Å². The van der Waals surface area contributed by atoms with Crippen LogP contribution in [0.4, 0.5) is 0 Å². The highest BCUT2D eigenvalue weighted by Gasteiger charge is 2.25. The van der Waals surface area contributed by atoms with Crippen LogP contribution in [0.1, 0.15) is 18.9 Å². The van der Waals surface area contributed by atoms with Gasteiger partial charge in [-0.05, 0) is 18.9 Å². The zero-order valence-electron chi connectivity index (χ0n) is 13.6. The van der Waals surface area contributed by atoms with Crippen LogP contribution in [0, 0.1) is 0 Å². The maximum atomic E-state index is 6.01. The first-order chi connectivity index (χ1) is 10.8. The van der Waals surface area contributed by atoms with Crippen molar-refractivity contribution in [3.63, 3.8) is 0 Å². The zero-order valence-corrected chi connectivity index (χ0v) is 13.6. The van der Waals surface area contributed by atoms with E-state index in [-0.39, 0.29) is 0 Å². The van der Waals surface area contributed by atoms with Crippen LogP contribution in [0.2, 0.25) is 0 Å². The van der Waals surface area contributed by atoms with E-state index in [2.05, 4.69) is 47.1 Å². The van der Waals surface area contributed by atoms with E-state index in [9.17, 15) is 0 Å². The summed E-state index contributed by atoms with van der Waals surface area (Å²) in [5.41, 5.74) is 1.39. The number of morpholine rings is 2. The third-order valence-electron chi connectivity index (χ3n) is 4.74. The van der Waals surface area contributed by atoms with Gasteiger partial charge in [0.15, 0.2) is 0 Å². The van der Waals surface area contributed by atoms with Crippen LogP contribution < -0.4 is 0 Å². The van der Waals surface area contributed by atoms with E-state index >= 15 is 0 Å². The molecule has 0 spiro atoms. The molecule has 2 fully saturated rings. The molecular weight excluding hydrogens is 276 g/mol. The second-order valence-electron chi connectivity index (χ2n) is 6.45. The van der Waals surface area contributed by atoms with Gasteiger partial charge in [-0.1, -0.05) is 30.3 Å². The lowest BCUT2D eigenvalue weighted by Gasteiger charge is -2.38. The van der Waals surface area contributed by atoms with Crippen molar-refractivity contribution in [3.05, 3.63) is 35.9 Å².